The summed E-state index contributed by atoms with van der Waals surface area (Å²) < 4.78 is 36.8. The topological polar surface area (TPSA) is 0 Å². The predicted molar refractivity (Wildman–Crippen MR) is 44.7 cm³/mol. The van der Waals surface area contributed by atoms with Crippen LogP contribution in [0.2, 0.25) is 0 Å². The number of thiophene rings is 1. The third-order valence-corrected chi connectivity index (χ3v) is 4.23. The van der Waals surface area contributed by atoms with Gasteiger partial charge in [0.05, 0.1) is 3.79 Å². The molecule has 0 atom stereocenters. The number of alkyl halides is 3. The summed E-state index contributed by atoms with van der Waals surface area (Å²) in [5.41, 5.74) is 0. The fraction of sp³-hybridized carbons (Fsp3) is 0.200. The molecule has 0 aliphatic heterocycles. The Morgan fingerprint density at radius 3 is 2.00 bits per heavy atom. The minimum Gasteiger partial charge on any atom is -0.165 e. The maximum absolute atomic E-state index is 11.9. The fourth-order valence-corrected chi connectivity index (χ4v) is 2.39. The zero-order valence-corrected chi connectivity index (χ0v) is 8.86. The molecule has 62 valence electrons. The summed E-state index contributed by atoms with van der Waals surface area (Å²) in [4.78, 5) is -0.601. The molecule has 0 radical (unpaired) electrons. The van der Waals surface area contributed by atoms with Crippen molar-refractivity contribution in [2.24, 2.45) is 0 Å². The summed E-state index contributed by atoms with van der Waals surface area (Å²) in [6, 6.07) is 1.05. The van der Waals surface area contributed by atoms with E-state index in [4.69, 9.17) is 0 Å². The molecule has 11 heavy (non-hydrogen) atoms. The normalized spacial score (nSPS) is 12.1. The molecule has 1 aromatic heterocycles. The average Bonchev–Trinajstić information content (AvgIpc) is 2.11. The van der Waals surface area contributed by atoms with Crippen molar-refractivity contribution in [1.29, 1.82) is 0 Å². The van der Waals surface area contributed by atoms with Gasteiger partial charge in [0.15, 0.2) is 0 Å². The van der Waals surface area contributed by atoms with Crippen molar-refractivity contribution < 1.29 is 13.2 Å². The van der Waals surface area contributed by atoms with Crippen LogP contribution in [0.5, 0.6) is 0 Å². The van der Waals surface area contributed by atoms with Crippen LogP contribution in [0.1, 0.15) is 4.88 Å². The Bertz CT molecular complexity index is 246. The van der Waals surface area contributed by atoms with Gasteiger partial charge >= 0.3 is 6.18 Å². The van der Waals surface area contributed by atoms with E-state index in [-0.39, 0.29) is 0 Å². The van der Waals surface area contributed by atoms with Crippen LogP contribution >= 0.6 is 43.2 Å². The van der Waals surface area contributed by atoms with Crippen molar-refractivity contribution in [1.82, 2.24) is 0 Å². The number of rotatable bonds is 0. The van der Waals surface area contributed by atoms with Gasteiger partial charge in [0.1, 0.15) is 4.88 Å². The van der Waals surface area contributed by atoms with Crippen LogP contribution in [0.4, 0.5) is 13.2 Å². The first-order valence-electron chi connectivity index (χ1n) is 2.43. The minimum absolute atomic E-state index is 0.440. The van der Waals surface area contributed by atoms with E-state index >= 15 is 0 Å². The van der Waals surface area contributed by atoms with Crippen molar-refractivity contribution in [3.8, 4) is 0 Å². The van der Waals surface area contributed by atoms with Gasteiger partial charge in [-0.15, -0.1) is 11.3 Å². The van der Waals surface area contributed by atoms with Crippen LogP contribution in [0.15, 0.2) is 14.3 Å². The molecule has 1 rings (SSSR count). The Kier molecular flexibility index (Phi) is 2.66. The SMILES string of the molecule is FC(F)(F)c1cc(Br)c(Br)s1. The summed E-state index contributed by atoms with van der Waals surface area (Å²) in [6.45, 7) is 0. The zero-order chi connectivity index (χ0) is 8.65. The molecule has 0 N–H and O–H groups in total. The first kappa shape index (κ1) is 9.54. The van der Waals surface area contributed by atoms with Crippen molar-refractivity contribution in [3.05, 3.63) is 19.2 Å². The van der Waals surface area contributed by atoms with Crippen LogP contribution in [-0.2, 0) is 6.18 Å². The second-order valence-electron chi connectivity index (χ2n) is 1.73. The highest BCUT2D eigenvalue weighted by Gasteiger charge is 2.33. The third kappa shape index (κ3) is 2.19. The highest BCUT2D eigenvalue weighted by atomic mass is 79.9. The first-order valence-corrected chi connectivity index (χ1v) is 4.83. The Morgan fingerprint density at radius 1 is 1.27 bits per heavy atom. The van der Waals surface area contributed by atoms with Gasteiger partial charge in [-0.1, -0.05) is 0 Å². The van der Waals surface area contributed by atoms with Gasteiger partial charge in [0, 0.05) is 4.47 Å². The molecule has 0 spiro atoms. The molecule has 0 aliphatic rings. The maximum Gasteiger partial charge on any atom is 0.425 e. The van der Waals surface area contributed by atoms with E-state index in [9.17, 15) is 13.2 Å². The van der Waals surface area contributed by atoms with E-state index in [1.165, 1.54) is 0 Å². The van der Waals surface area contributed by atoms with Gasteiger partial charge in [0.25, 0.3) is 0 Å². The lowest BCUT2D eigenvalue weighted by molar-refractivity contribution is -0.134. The first-order chi connectivity index (χ1) is 4.91. The number of hydrogen-bond donors (Lipinski definition) is 0. The van der Waals surface area contributed by atoms with E-state index in [1.807, 2.05) is 0 Å². The van der Waals surface area contributed by atoms with Gasteiger partial charge in [-0.3, -0.25) is 0 Å². The van der Waals surface area contributed by atoms with Crippen molar-refractivity contribution in [2.45, 2.75) is 6.18 Å². The van der Waals surface area contributed by atoms with Crippen molar-refractivity contribution >= 4 is 43.2 Å². The molecule has 0 fully saturated rings. The van der Waals surface area contributed by atoms with E-state index in [0.717, 1.165) is 6.07 Å². The maximum atomic E-state index is 11.9. The molecule has 0 nitrogen and oxygen atoms in total. The number of hydrogen-bond acceptors (Lipinski definition) is 1. The Labute approximate surface area is 81.7 Å². The van der Waals surface area contributed by atoms with Crippen molar-refractivity contribution in [2.75, 3.05) is 0 Å². The quantitative estimate of drug-likeness (QED) is 0.670. The third-order valence-electron chi connectivity index (χ3n) is 0.925. The molecule has 0 aliphatic carbocycles. The minimum atomic E-state index is -4.24. The summed E-state index contributed by atoms with van der Waals surface area (Å²) in [5.74, 6) is 0. The highest BCUT2D eigenvalue weighted by molar-refractivity contribution is 9.13. The molecule has 0 aromatic carbocycles. The summed E-state index contributed by atoms with van der Waals surface area (Å²) in [7, 11) is 0. The van der Waals surface area contributed by atoms with Crippen LogP contribution in [-0.4, -0.2) is 0 Å². The predicted octanol–water partition coefficient (Wildman–Crippen LogP) is 4.29. The molecular weight excluding hydrogens is 309 g/mol. The summed E-state index contributed by atoms with van der Waals surface area (Å²) in [6.07, 6.45) is -4.24. The molecule has 6 heteroatoms. The number of halogens is 5. The van der Waals surface area contributed by atoms with Crippen LogP contribution in [0.25, 0.3) is 0 Å². The molecule has 0 unspecified atom stereocenters. The van der Waals surface area contributed by atoms with Crippen molar-refractivity contribution in [3.63, 3.8) is 0 Å². The smallest absolute Gasteiger partial charge is 0.165 e. The Balaban J connectivity index is 3.08. The molecule has 0 bridgehead atoms. The molecular formula is C5HBr2F3S. The van der Waals surface area contributed by atoms with Gasteiger partial charge in [0.2, 0.25) is 0 Å². The van der Waals surface area contributed by atoms with Gasteiger partial charge in [-0.05, 0) is 37.9 Å². The van der Waals surface area contributed by atoms with E-state index in [0.29, 0.717) is 19.6 Å². The molecule has 1 aromatic rings. The van der Waals surface area contributed by atoms with E-state index in [2.05, 4.69) is 31.9 Å². The Morgan fingerprint density at radius 2 is 1.82 bits per heavy atom. The monoisotopic (exact) mass is 308 g/mol. The van der Waals surface area contributed by atoms with Gasteiger partial charge in [-0.25, -0.2) is 0 Å². The lowest BCUT2D eigenvalue weighted by Crippen LogP contribution is -2.00. The standard InChI is InChI=1S/C5HBr2F3S/c6-2-1-3(5(8,9)10)11-4(2)7/h1H. The lowest BCUT2D eigenvalue weighted by atomic mass is 10.5. The Hall–Kier alpha value is 0.450. The van der Waals surface area contributed by atoms with E-state index in [1.54, 1.807) is 0 Å². The molecule has 0 saturated carbocycles. The molecule has 0 amide bonds. The van der Waals surface area contributed by atoms with E-state index < -0.39 is 11.1 Å². The van der Waals surface area contributed by atoms with Crippen LogP contribution in [0, 0.1) is 0 Å². The zero-order valence-electron chi connectivity index (χ0n) is 4.88. The second kappa shape index (κ2) is 3.06. The van der Waals surface area contributed by atoms with Crippen LogP contribution < -0.4 is 0 Å². The highest BCUT2D eigenvalue weighted by Crippen LogP contribution is 2.41. The molecule has 0 saturated heterocycles. The second-order valence-corrected chi connectivity index (χ2v) is 4.95. The molecule has 1 heterocycles. The van der Waals surface area contributed by atoms with Gasteiger partial charge < -0.3 is 0 Å². The fourth-order valence-electron chi connectivity index (χ4n) is 0.486. The summed E-state index contributed by atoms with van der Waals surface area (Å²) >= 11 is 6.62. The van der Waals surface area contributed by atoms with Crippen LogP contribution in [0.3, 0.4) is 0 Å². The largest absolute Gasteiger partial charge is 0.425 e. The summed E-state index contributed by atoms with van der Waals surface area (Å²) in [5, 5.41) is 0. The van der Waals surface area contributed by atoms with Gasteiger partial charge in [-0.2, -0.15) is 13.2 Å². The lowest BCUT2D eigenvalue weighted by Gasteiger charge is -1.99. The average molecular weight is 310 g/mol.